The maximum Gasteiger partial charge on any atom is 0.272 e. The second kappa shape index (κ2) is 9.02. The number of aromatic amines is 1. The monoisotopic (exact) mass is 473 g/mol. The summed E-state index contributed by atoms with van der Waals surface area (Å²) in [5.41, 5.74) is 1.74. The summed E-state index contributed by atoms with van der Waals surface area (Å²) in [5, 5.41) is 0. The van der Waals surface area contributed by atoms with Crippen LogP contribution in [0.5, 0.6) is 11.5 Å². The van der Waals surface area contributed by atoms with Crippen LogP contribution in [-0.4, -0.2) is 52.4 Å². The van der Waals surface area contributed by atoms with Crippen LogP contribution in [0.25, 0.3) is 0 Å². The molecule has 1 spiro atoms. The Labute approximate surface area is 202 Å². The van der Waals surface area contributed by atoms with Crippen LogP contribution in [0.4, 0.5) is 0 Å². The van der Waals surface area contributed by atoms with Gasteiger partial charge in [-0.3, -0.25) is 14.4 Å². The van der Waals surface area contributed by atoms with Crippen LogP contribution in [-0.2, 0) is 6.42 Å². The van der Waals surface area contributed by atoms with E-state index in [1.54, 1.807) is 12.0 Å². The number of hydrogen-bond acceptors (Lipinski definition) is 6. The van der Waals surface area contributed by atoms with E-state index in [0.717, 1.165) is 16.9 Å². The average Bonchev–Trinajstić information content (AvgIpc) is 2.85. The lowest BCUT2D eigenvalue weighted by Gasteiger charge is -2.43. The predicted octanol–water partition coefficient (Wildman–Crippen LogP) is 3.32. The van der Waals surface area contributed by atoms with Crippen LogP contribution in [0.2, 0.25) is 0 Å². The van der Waals surface area contributed by atoms with Crippen LogP contribution in [0.3, 0.4) is 0 Å². The number of nitrogens with one attached hydrogen (secondary N) is 1. The first-order chi connectivity index (χ1) is 16.8. The lowest BCUT2D eigenvalue weighted by atomic mass is 9.82. The molecule has 0 saturated carbocycles. The Morgan fingerprint density at radius 2 is 1.86 bits per heavy atom. The zero-order valence-corrected chi connectivity index (χ0v) is 19.8. The van der Waals surface area contributed by atoms with E-state index in [9.17, 15) is 14.4 Å². The van der Waals surface area contributed by atoms with Gasteiger partial charge in [-0.2, -0.15) is 0 Å². The standard InChI is InChI=1S/C27H27N3O5/c1-17-3-8-23-20(13-17)22(31)16-27(35-23)9-11-30(12-10-27)26(33)21-15-25(32)29-24(28-21)14-18-4-6-19(34-2)7-5-18/h3-8,13,15H,9-12,14,16H2,1-2H3,(H,28,29,32). The molecule has 3 aromatic rings. The Morgan fingerprint density at radius 1 is 1.11 bits per heavy atom. The minimum Gasteiger partial charge on any atom is -0.497 e. The number of aromatic nitrogens is 2. The summed E-state index contributed by atoms with van der Waals surface area (Å²) in [6, 6.07) is 14.4. The van der Waals surface area contributed by atoms with Crippen LogP contribution < -0.4 is 15.0 Å². The Kier molecular flexibility index (Phi) is 5.88. The largest absolute Gasteiger partial charge is 0.497 e. The molecule has 180 valence electrons. The lowest BCUT2D eigenvalue weighted by molar-refractivity contribution is -0.00588. The summed E-state index contributed by atoms with van der Waals surface area (Å²) in [6.45, 7) is 2.80. The van der Waals surface area contributed by atoms with Crippen molar-refractivity contribution >= 4 is 11.7 Å². The maximum atomic E-state index is 13.2. The highest BCUT2D eigenvalue weighted by atomic mass is 16.5. The highest BCUT2D eigenvalue weighted by molar-refractivity contribution is 6.00. The number of fused-ring (bicyclic) bond motifs is 1. The van der Waals surface area contributed by atoms with E-state index in [-0.39, 0.29) is 22.9 Å². The molecule has 1 saturated heterocycles. The molecule has 1 amide bonds. The molecule has 8 heteroatoms. The number of H-pyrrole nitrogens is 1. The lowest BCUT2D eigenvalue weighted by Crippen LogP contribution is -2.52. The Hall–Kier alpha value is -3.94. The van der Waals surface area contributed by atoms with Gasteiger partial charge >= 0.3 is 0 Å². The first kappa shape index (κ1) is 22.8. The molecular weight excluding hydrogens is 446 g/mol. The van der Waals surface area contributed by atoms with Crippen molar-refractivity contribution in [3.63, 3.8) is 0 Å². The number of methoxy groups -OCH3 is 1. The number of piperidine rings is 1. The van der Waals surface area contributed by atoms with Crippen LogP contribution in [0.15, 0.2) is 53.3 Å². The van der Waals surface area contributed by atoms with E-state index >= 15 is 0 Å². The van der Waals surface area contributed by atoms with Gasteiger partial charge in [0.25, 0.3) is 11.5 Å². The fraction of sp³-hybridized carbons (Fsp3) is 0.333. The molecule has 8 nitrogen and oxygen atoms in total. The molecule has 1 fully saturated rings. The van der Waals surface area contributed by atoms with Crippen molar-refractivity contribution in [2.45, 2.75) is 38.2 Å². The Balaban J connectivity index is 1.28. The normalized spacial score (nSPS) is 16.5. The molecule has 0 aliphatic carbocycles. The number of benzene rings is 2. The summed E-state index contributed by atoms with van der Waals surface area (Å²) < 4.78 is 11.5. The third-order valence-electron chi connectivity index (χ3n) is 6.75. The molecule has 0 atom stereocenters. The summed E-state index contributed by atoms with van der Waals surface area (Å²) in [6.07, 6.45) is 1.78. The molecule has 0 radical (unpaired) electrons. The van der Waals surface area contributed by atoms with Crippen molar-refractivity contribution < 1.29 is 19.1 Å². The molecule has 2 aliphatic heterocycles. The fourth-order valence-corrected chi connectivity index (χ4v) is 4.80. The molecule has 3 heterocycles. The number of hydrogen-bond donors (Lipinski definition) is 1. The second-order valence-electron chi connectivity index (χ2n) is 9.28. The third-order valence-corrected chi connectivity index (χ3v) is 6.75. The number of Topliss-reactive ketones (excluding diaryl/α,β-unsaturated/α-hetero) is 1. The van der Waals surface area contributed by atoms with E-state index < -0.39 is 5.60 Å². The number of ether oxygens (including phenoxy) is 2. The van der Waals surface area contributed by atoms with Gasteiger partial charge < -0.3 is 19.4 Å². The number of ketones is 1. The van der Waals surface area contributed by atoms with E-state index in [2.05, 4.69) is 9.97 Å². The highest BCUT2D eigenvalue weighted by Gasteiger charge is 2.43. The molecule has 35 heavy (non-hydrogen) atoms. The Bertz CT molecular complexity index is 1340. The van der Waals surface area contributed by atoms with E-state index in [1.807, 2.05) is 49.4 Å². The molecule has 1 aromatic heterocycles. The number of rotatable bonds is 4. The van der Waals surface area contributed by atoms with Gasteiger partial charge in [0.2, 0.25) is 0 Å². The fourth-order valence-electron chi connectivity index (χ4n) is 4.80. The van der Waals surface area contributed by atoms with Crippen LogP contribution >= 0.6 is 0 Å². The van der Waals surface area contributed by atoms with Crippen molar-refractivity contribution in [3.05, 3.63) is 87.1 Å². The average molecular weight is 474 g/mol. The van der Waals surface area contributed by atoms with Gasteiger partial charge in [-0.15, -0.1) is 0 Å². The minimum atomic E-state index is -0.600. The molecule has 5 rings (SSSR count). The van der Waals surface area contributed by atoms with Crippen molar-refractivity contribution in [3.8, 4) is 11.5 Å². The molecule has 1 N–H and O–H groups in total. The van der Waals surface area contributed by atoms with Gasteiger partial charge in [0.1, 0.15) is 28.6 Å². The number of carbonyl (C=O) groups excluding carboxylic acids is 2. The van der Waals surface area contributed by atoms with Gasteiger partial charge in [0.05, 0.1) is 19.1 Å². The molecule has 2 aromatic carbocycles. The SMILES string of the molecule is COc1ccc(Cc2nc(C(=O)N3CCC4(CC3)CC(=O)c3cc(C)ccc3O4)cc(=O)[nH]2)cc1. The molecular formula is C27H27N3O5. The smallest absolute Gasteiger partial charge is 0.272 e. The van der Waals surface area contributed by atoms with Crippen molar-refractivity contribution in [2.75, 3.05) is 20.2 Å². The molecule has 0 bridgehead atoms. The topological polar surface area (TPSA) is 102 Å². The molecule has 2 aliphatic rings. The third kappa shape index (κ3) is 4.69. The van der Waals surface area contributed by atoms with Gasteiger partial charge in [0.15, 0.2) is 5.78 Å². The Morgan fingerprint density at radius 3 is 2.57 bits per heavy atom. The van der Waals surface area contributed by atoms with Gasteiger partial charge in [-0.05, 0) is 36.8 Å². The minimum absolute atomic E-state index is 0.0779. The first-order valence-electron chi connectivity index (χ1n) is 11.7. The van der Waals surface area contributed by atoms with Gasteiger partial charge in [0, 0.05) is 38.4 Å². The summed E-state index contributed by atoms with van der Waals surface area (Å²) in [7, 11) is 1.60. The van der Waals surface area contributed by atoms with E-state index in [0.29, 0.717) is 55.9 Å². The van der Waals surface area contributed by atoms with Gasteiger partial charge in [-0.25, -0.2) is 4.98 Å². The summed E-state index contributed by atoms with van der Waals surface area (Å²) in [5.74, 6) is 1.57. The second-order valence-corrected chi connectivity index (χ2v) is 9.28. The number of likely N-dealkylation sites (tertiary alicyclic amines) is 1. The van der Waals surface area contributed by atoms with Gasteiger partial charge in [-0.1, -0.05) is 23.8 Å². The summed E-state index contributed by atoms with van der Waals surface area (Å²) in [4.78, 5) is 47.1. The van der Waals surface area contributed by atoms with Crippen LogP contribution in [0.1, 0.15) is 57.1 Å². The number of carbonyl (C=O) groups is 2. The number of nitrogens with zero attached hydrogens (tertiary/aromatic N) is 2. The van der Waals surface area contributed by atoms with Crippen molar-refractivity contribution in [1.29, 1.82) is 0 Å². The number of aryl methyl sites for hydroxylation is 1. The van der Waals surface area contributed by atoms with Crippen LogP contribution in [0, 0.1) is 6.92 Å². The summed E-state index contributed by atoms with van der Waals surface area (Å²) >= 11 is 0. The predicted molar refractivity (Wildman–Crippen MR) is 129 cm³/mol. The van der Waals surface area contributed by atoms with E-state index in [4.69, 9.17) is 9.47 Å². The quantitative estimate of drug-likeness (QED) is 0.624. The zero-order valence-electron chi connectivity index (χ0n) is 19.8. The molecule has 0 unspecified atom stereocenters. The number of amides is 1. The van der Waals surface area contributed by atoms with Crippen molar-refractivity contribution in [1.82, 2.24) is 14.9 Å². The highest BCUT2D eigenvalue weighted by Crippen LogP contribution is 2.39. The first-order valence-corrected chi connectivity index (χ1v) is 11.7. The van der Waals surface area contributed by atoms with E-state index in [1.165, 1.54) is 6.07 Å². The zero-order chi connectivity index (χ0) is 24.6. The maximum absolute atomic E-state index is 13.2. The van der Waals surface area contributed by atoms with Crippen molar-refractivity contribution in [2.24, 2.45) is 0 Å².